The number of carbonyl (C=O) groups is 1. The van der Waals surface area contributed by atoms with E-state index in [9.17, 15) is 4.79 Å². The van der Waals surface area contributed by atoms with Crippen LogP contribution in [0.1, 0.15) is 32.7 Å². The number of hydrogen-bond donors (Lipinski definition) is 2. The highest BCUT2D eigenvalue weighted by Crippen LogP contribution is 2.23. The highest BCUT2D eigenvalue weighted by atomic mass is 16.1. The number of fused-ring (bicyclic) bond motifs is 1. The first-order valence-corrected chi connectivity index (χ1v) is 7.64. The largest absolute Gasteiger partial charge is 0.326 e. The standard InChI is InChI=1S/C16H22N4O/c1-11(2)20-15-9-14(4-3-13(15)10-18-20)19-16(21)12-5-7-17-8-6-12/h3-4,9-12,17H,5-8H2,1-2H3,(H,19,21). The first kappa shape index (κ1) is 14.1. The second kappa shape index (κ2) is 5.85. The molecule has 0 saturated carbocycles. The Bertz CT molecular complexity index is 641. The van der Waals surface area contributed by atoms with E-state index in [0.29, 0.717) is 6.04 Å². The third-order valence-electron chi connectivity index (χ3n) is 4.07. The fourth-order valence-electron chi connectivity index (χ4n) is 2.86. The zero-order chi connectivity index (χ0) is 14.8. The van der Waals surface area contributed by atoms with Crippen LogP contribution in [0.5, 0.6) is 0 Å². The monoisotopic (exact) mass is 286 g/mol. The summed E-state index contributed by atoms with van der Waals surface area (Å²) in [5.74, 6) is 0.253. The molecule has 0 aliphatic carbocycles. The van der Waals surface area contributed by atoms with Crippen molar-refractivity contribution in [2.75, 3.05) is 18.4 Å². The number of aromatic nitrogens is 2. The van der Waals surface area contributed by atoms with Crippen LogP contribution in [0.25, 0.3) is 10.9 Å². The summed E-state index contributed by atoms with van der Waals surface area (Å²) >= 11 is 0. The second-order valence-electron chi connectivity index (χ2n) is 5.97. The van der Waals surface area contributed by atoms with Crippen molar-refractivity contribution in [1.29, 1.82) is 0 Å². The van der Waals surface area contributed by atoms with Crippen LogP contribution in [-0.2, 0) is 4.79 Å². The van der Waals surface area contributed by atoms with Gasteiger partial charge < -0.3 is 10.6 Å². The predicted molar refractivity (Wildman–Crippen MR) is 84.3 cm³/mol. The number of nitrogens with zero attached hydrogens (tertiary/aromatic N) is 2. The van der Waals surface area contributed by atoms with E-state index in [1.165, 1.54) is 0 Å². The maximum Gasteiger partial charge on any atom is 0.227 e. The van der Waals surface area contributed by atoms with Crippen molar-refractivity contribution in [2.45, 2.75) is 32.7 Å². The van der Waals surface area contributed by atoms with E-state index in [1.807, 2.05) is 29.1 Å². The van der Waals surface area contributed by atoms with Gasteiger partial charge in [-0.05, 0) is 58.0 Å². The molecule has 2 heterocycles. The van der Waals surface area contributed by atoms with Crippen LogP contribution in [0.4, 0.5) is 5.69 Å². The number of hydrogen-bond acceptors (Lipinski definition) is 3. The minimum atomic E-state index is 0.122. The number of amides is 1. The van der Waals surface area contributed by atoms with Gasteiger partial charge in [-0.3, -0.25) is 9.48 Å². The van der Waals surface area contributed by atoms with Crippen LogP contribution in [0.15, 0.2) is 24.4 Å². The Morgan fingerprint density at radius 3 is 2.86 bits per heavy atom. The Labute approximate surface area is 124 Å². The molecule has 1 aromatic carbocycles. The molecule has 0 radical (unpaired) electrons. The fourth-order valence-corrected chi connectivity index (χ4v) is 2.86. The van der Waals surface area contributed by atoms with Crippen LogP contribution in [0, 0.1) is 5.92 Å². The van der Waals surface area contributed by atoms with Crippen LogP contribution in [0.2, 0.25) is 0 Å². The summed E-state index contributed by atoms with van der Waals surface area (Å²) in [6.45, 7) is 6.06. The molecule has 1 aromatic heterocycles. The van der Waals surface area contributed by atoms with Crippen molar-refractivity contribution >= 4 is 22.5 Å². The maximum atomic E-state index is 12.3. The second-order valence-corrected chi connectivity index (χ2v) is 5.97. The molecule has 1 amide bonds. The quantitative estimate of drug-likeness (QED) is 0.911. The zero-order valence-electron chi connectivity index (χ0n) is 12.6. The van der Waals surface area contributed by atoms with Gasteiger partial charge >= 0.3 is 0 Å². The molecule has 0 spiro atoms. The number of rotatable bonds is 3. The minimum absolute atomic E-state index is 0.122. The van der Waals surface area contributed by atoms with E-state index < -0.39 is 0 Å². The topological polar surface area (TPSA) is 59.0 Å². The summed E-state index contributed by atoms with van der Waals surface area (Å²) in [6, 6.07) is 6.28. The molecule has 1 fully saturated rings. The molecule has 5 nitrogen and oxygen atoms in total. The summed E-state index contributed by atoms with van der Waals surface area (Å²) < 4.78 is 1.98. The average Bonchev–Trinajstić information content (AvgIpc) is 2.91. The van der Waals surface area contributed by atoms with Gasteiger partial charge in [0, 0.05) is 23.0 Å². The van der Waals surface area contributed by atoms with Crippen molar-refractivity contribution in [3.05, 3.63) is 24.4 Å². The van der Waals surface area contributed by atoms with E-state index in [-0.39, 0.29) is 11.8 Å². The molecular weight excluding hydrogens is 264 g/mol. The molecule has 1 saturated heterocycles. The number of benzene rings is 1. The van der Waals surface area contributed by atoms with Crippen molar-refractivity contribution in [3.8, 4) is 0 Å². The molecule has 0 unspecified atom stereocenters. The predicted octanol–water partition coefficient (Wildman–Crippen LogP) is 2.56. The molecule has 1 aliphatic heterocycles. The summed E-state index contributed by atoms with van der Waals surface area (Å²) in [4.78, 5) is 12.3. The fraction of sp³-hybridized carbons (Fsp3) is 0.500. The Morgan fingerprint density at radius 2 is 2.14 bits per heavy atom. The Balaban J connectivity index is 1.80. The minimum Gasteiger partial charge on any atom is -0.326 e. The van der Waals surface area contributed by atoms with Gasteiger partial charge in [0.25, 0.3) is 0 Å². The Morgan fingerprint density at radius 1 is 1.38 bits per heavy atom. The molecule has 0 atom stereocenters. The van der Waals surface area contributed by atoms with Gasteiger partial charge in [0.1, 0.15) is 0 Å². The Kier molecular flexibility index (Phi) is 3.92. The van der Waals surface area contributed by atoms with Crippen molar-refractivity contribution in [1.82, 2.24) is 15.1 Å². The lowest BCUT2D eigenvalue weighted by Gasteiger charge is -2.21. The molecule has 0 bridgehead atoms. The highest BCUT2D eigenvalue weighted by molar-refractivity contribution is 5.95. The van der Waals surface area contributed by atoms with E-state index >= 15 is 0 Å². The molecule has 112 valence electrons. The third-order valence-corrected chi connectivity index (χ3v) is 4.07. The summed E-state index contributed by atoms with van der Waals surface area (Å²) in [5.41, 5.74) is 1.92. The molecule has 2 N–H and O–H groups in total. The lowest BCUT2D eigenvalue weighted by atomic mass is 9.97. The van der Waals surface area contributed by atoms with Gasteiger partial charge in [-0.2, -0.15) is 5.10 Å². The average molecular weight is 286 g/mol. The lowest BCUT2D eigenvalue weighted by Crippen LogP contribution is -2.34. The summed E-state index contributed by atoms with van der Waals surface area (Å²) in [6.07, 6.45) is 3.70. The summed E-state index contributed by atoms with van der Waals surface area (Å²) in [7, 11) is 0. The van der Waals surface area contributed by atoms with Gasteiger partial charge in [-0.25, -0.2) is 0 Å². The van der Waals surface area contributed by atoms with E-state index in [1.54, 1.807) is 0 Å². The normalized spacial score (nSPS) is 16.5. The highest BCUT2D eigenvalue weighted by Gasteiger charge is 2.21. The van der Waals surface area contributed by atoms with Crippen LogP contribution < -0.4 is 10.6 Å². The van der Waals surface area contributed by atoms with Crippen molar-refractivity contribution < 1.29 is 4.79 Å². The molecular formula is C16H22N4O. The third kappa shape index (κ3) is 2.93. The van der Waals surface area contributed by atoms with Crippen molar-refractivity contribution in [3.63, 3.8) is 0 Å². The van der Waals surface area contributed by atoms with Crippen LogP contribution in [0.3, 0.4) is 0 Å². The number of anilines is 1. The molecule has 1 aliphatic rings. The van der Waals surface area contributed by atoms with Gasteiger partial charge in [-0.15, -0.1) is 0 Å². The van der Waals surface area contributed by atoms with Gasteiger partial charge in [0.15, 0.2) is 0 Å². The first-order chi connectivity index (χ1) is 10.1. The molecule has 5 heteroatoms. The van der Waals surface area contributed by atoms with Crippen molar-refractivity contribution in [2.24, 2.45) is 5.92 Å². The lowest BCUT2D eigenvalue weighted by molar-refractivity contribution is -0.120. The van der Waals surface area contributed by atoms with E-state index in [4.69, 9.17) is 0 Å². The Hall–Kier alpha value is -1.88. The smallest absolute Gasteiger partial charge is 0.227 e. The van der Waals surface area contributed by atoms with Gasteiger partial charge in [0.05, 0.1) is 11.7 Å². The van der Waals surface area contributed by atoms with Gasteiger partial charge in [-0.1, -0.05) is 0 Å². The number of carbonyl (C=O) groups excluding carboxylic acids is 1. The number of piperidine rings is 1. The van der Waals surface area contributed by atoms with Crippen LogP contribution in [-0.4, -0.2) is 28.8 Å². The van der Waals surface area contributed by atoms with E-state index in [0.717, 1.165) is 42.5 Å². The summed E-state index contributed by atoms with van der Waals surface area (Å²) in [5, 5.41) is 11.8. The SMILES string of the molecule is CC(C)n1ncc2ccc(NC(=O)C3CCNCC3)cc21. The van der Waals surface area contributed by atoms with Crippen LogP contribution >= 0.6 is 0 Å². The number of nitrogens with one attached hydrogen (secondary N) is 2. The van der Waals surface area contributed by atoms with E-state index in [2.05, 4.69) is 29.6 Å². The zero-order valence-corrected chi connectivity index (χ0v) is 12.6. The maximum absolute atomic E-state index is 12.3. The molecule has 21 heavy (non-hydrogen) atoms. The molecule has 2 aromatic rings. The van der Waals surface area contributed by atoms with Gasteiger partial charge in [0.2, 0.25) is 5.91 Å². The molecule has 3 rings (SSSR count). The first-order valence-electron chi connectivity index (χ1n) is 7.64.